The first-order chi connectivity index (χ1) is 15.9. The lowest BCUT2D eigenvalue weighted by molar-refractivity contribution is -0.139. The molecule has 0 spiro atoms. The van der Waals surface area contributed by atoms with Crippen molar-refractivity contribution >= 4 is 50.1 Å². The van der Waals surface area contributed by atoms with Gasteiger partial charge < -0.3 is 16.0 Å². The van der Waals surface area contributed by atoms with Crippen molar-refractivity contribution in [1.82, 2.24) is 14.5 Å². The van der Waals surface area contributed by atoms with Crippen molar-refractivity contribution in [1.29, 1.82) is 0 Å². The summed E-state index contributed by atoms with van der Waals surface area (Å²) in [5.41, 5.74) is 5.36. The van der Waals surface area contributed by atoms with Crippen molar-refractivity contribution in [2.24, 2.45) is 5.73 Å². The Hall–Kier alpha value is -2.69. The Morgan fingerprint density at radius 3 is 2.47 bits per heavy atom. The fourth-order valence-corrected chi connectivity index (χ4v) is 5.99. The molecule has 1 fully saturated rings. The van der Waals surface area contributed by atoms with Gasteiger partial charge in [0.2, 0.25) is 27.7 Å². The van der Waals surface area contributed by atoms with Crippen LogP contribution < -0.4 is 11.1 Å². The van der Waals surface area contributed by atoms with E-state index in [0.717, 1.165) is 9.69 Å². The van der Waals surface area contributed by atoms with E-state index >= 15 is 0 Å². The predicted molar refractivity (Wildman–Crippen MR) is 130 cm³/mol. The monoisotopic (exact) mass is 508 g/mol. The fraction of sp³-hybridized carbons (Fsp3) is 0.435. The maximum absolute atomic E-state index is 13.6. The third-order valence-electron chi connectivity index (χ3n) is 5.75. The number of likely N-dealkylation sites (tertiary alicyclic amines) is 1. The number of halogens is 1. The second-order valence-electron chi connectivity index (χ2n) is 8.59. The van der Waals surface area contributed by atoms with E-state index in [4.69, 9.17) is 17.3 Å². The van der Waals surface area contributed by atoms with Gasteiger partial charge in [-0.25, -0.2) is 8.42 Å². The van der Waals surface area contributed by atoms with Crippen molar-refractivity contribution < 1.29 is 22.8 Å². The molecular weight excluding hydrogens is 480 g/mol. The summed E-state index contributed by atoms with van der Waals surface area (Å²) >= 11 is 6.01. The summed E-state index contributed by atoms with van der Waals surface area (Å²) in [5, 5.41) is 4.70. The number of hydrogen-bond acceptors (Lipinski definition) is 5. The topological polar surface area (TPSA) is 130 Å². The van der Waals surface area contributed by atoms with Gasteiger partial charge in [0.15, 0.2) is 0 Å². The Bertz CT molecular complexity index is 1220. The zero-order valence-corrected chi connectivity index (χ0v) is 20.9. The van der Waals surface area contributed by atoms with Crippen LogP contribution in [0, 0.1) is 0 Å². The Kier molecular flexibility index (Phi) is 7.84. The third-order valence-corrected chi connectivity index (χ3v) is 7.83. The average molecular weight is 509 g/mol. The van der Waals surface area contributed by atoms with Crippen molar-refractivity contribution in [3.05, 3.63) is 41.4 Å². The standard InChI is InChI=1S/C23H29ClN4O5S/c1-4-19(22(30)26-14(2)3)27-10-9-20(23(27)31)28(13-21(25)29)34(32,33)18-8-6-15-11-17(24)7-5-16(15)12-18/h5-8,11-12,14,19-20H,4,9-10,13H2,1-3H3,(H2,25,29)(H,26,30). The number of nitrogens with one attached hydrogen (secondary N) is 1. The molecule has 2 aromatic rings. The number of hydrogen-bond donors (Lipinski definition) is 2. The number of fused-ring (bicyclic) bond motifs is 1. The number of carbonyl (C=O) groups excluding carboxylic acids is 3. The number of carbonyl (C=O) groups is 3. The normalized spacial score (nSPS) is 17.5. The molecule has 0 bridgehead atoms. The first-order valence-corrected chi connectivity index (χ1v) is 12.9. The molecule has 1 saturated heterocycles. The van der Waals surface area contributed by atoms with Crippen LogP contribution in [-0.4, -0.2) is 66.6 Å². The molecule has 2 aromatic carbocycles. The van der Waals surface area contributed by atoms with Crippen molar-refractivity contribution in [2.45, 2.75) is 56.6 Å². The van der Waals surface area contributed by atoms with Gasteiger partial charge in [-0.3, -0.25) is 14.4 Å². The molecule has 0 aliphatic carbocycles. The molecule has 2 unspecified atom stereocenters. The van der Waals surface area contributed by atoms with Crippen molar-refractivity contribution in [3.8, 4) is 0 Å². The molecule has 11 heteroatoms. The average Bonchev–Trinajstić information content (AvgIpc) is 3.12. The van der Waals surface area contributed by atoms with Gasteiger partial charge in [-0.1, -0.05) is 30.7 Å². The van der Waals surface area contributed by atoms with Gasteiger partial charge in [-0.2, -0.15) is 4.31 Å². The molecule has 34 heavy (non-hydrogen) atoms. The molecule has 0 saturated carbocycles. The van der Waals surface area contributed by atoms with Crippen LogP contribution >= 0.6 is 11.6 Å². The van der Waals surface area contributed by atoms with Crippen LogP contribution in [0.4, 0.5) is 0 Å². The van der Waals surface area contributed by atoms with Gasteiger partial charge >= 0.3 is 0 Å². The Labute approximate surface area is 204 Å². The third kappa shape index (κ3) is 5.34. The maximum Gasteiger partial charge on any atom is 0.244 e. The number of nitrogens with two attached hydrogens (primary N) is 1. The first-order valence-electron chi connectivity index (χ1n) is 11.1. The quantitative estimate of drug-likeness (QED) is 0.534. The molecule has 0 aromatic heterocycles. The molecule has 1 heterocycles. The van der Waals surface area contributed by atoms with Crippen molar-refractivity contribution in [2.75, 3.05) is 13.1 Å². The Balaban J connectivity index is 1.95. The minimum Gasteiger partial charge on any atom is -0.369 e. The van der Waals surface area contributed by atoms with E-state index in [-0.39, 0.29) is 29.8 Å². The lowest BCUT2D eigenvalue weighted by atomic mass is 10.1. The van der Waals surface area contributed by atoms with Gasteiger partial charge in [0.1, 0.15) is 12.1 Å². The summed E-state index contributed by atoms with van der Waals surface area (Å²) in [6.07, 6.45) is 0.507. The number of benzene rings is 2. The lowest BCUT2D eigenvalue weighted by Gasteiger charge is -2.29. The predicted octanol–water partition coefficient (Wildman–Crippen LogP) is 1.87. The van der Waals surface area contributed by atoms with Crippen LogP contribution in [-0.2, 0) is 24.4 Å². The van der Waals surface area contributed by atoms with E-state index in [1.807, 2.05) is 13.8 Å². The molecule has 3 rings (SSSR count). The lowest BCUT2D eigenvalue weighted by Crippen LogP contribution is -2.53. The summed E-state index contributed by atoms with van der Waals surface area (Å²) in [5.74, 6) is -1.71. The van der Waals surface area contributed by atoms with Crippen LogP contribution in [0.5, 0.6) is 0 Å². The second kappa shape index (κ2) is 10.3. The molecule has 1 aliphatic rings. The second-order valence-corrected chi connectivity index (χ2v) is 10.9. The first kappa shape index (κ1) is 25.9. The van der Waals surface area contributed by atoms with E-state index in [0.29, 0.717) is 16.8 Å². The van der Waals surface area contributed by atoms with Crippen LogP contribution in [0.1, 0.15) is 33.6 Å². The number of rotatable bonds is 9. The van der Waals surface area contributed by atoms with E-state index < -0.39 is 40.5 Å². The molecule has 9 nitrogen and oxygen atoms in total. The molecule has 3 amide bonds. The minimum absolute atomic E-state index is 0.0700. The number of sulfonamides is 1. The van der Waals surface area contributed by atoms with Crippen LogP contribution in [0.3, 0.4) is 0 Å². The Morgan fingerprint density at radius 2 is 1.85 bits per heavy atom. The van der Waals surface area contributed by atoms with E-state index in [1.54, 1.807) is 31.2 Å². The molecule has 184 valence electrons. The summed E-state index contributed by atoms with van der Waals surface area (Å²) in [4.78, 5) is 39.1. The summed E-state index contributed by atoms with van der Waals surface area (Å²) in [6.45, 7) is 4.95. The SMILES string of the molecule is CCC(C(=O)NC(C)C)N1CCC(N(CC(N)=O)S(=O)(=O)c2ccc3cc(Cl)ccc3c2)C1=O. The highest BCUT2D eigenvalue weighted by molar-refractivity contribution is 7.89. The molecule has 0 radical (unpaired) electrons. The fourth-order valence-electron chi connectivity index (χ4n) is 4.20. The van der Waals surface area contributed by atoms with Gasteiger partial charge in [-0.15, -0.1) is 0 Å². The summed E-state index contributed by atoms with van der Waals surface area (Å²) in [6, 6.07) is 7.56. The van der Waals surface area contributed by atoms with E-state index in [1.165, 1.54) is 17.0 Å². The Morgan fingerprint density at radius 1 is 1.21 bits per heavy atom. The highest BCUT2D eigenvalue weighted by atomic mass is 35.5. The summed E-state index contributed by atoms with van der Waals surface area (Å²) in [7, 11) is -4.26. The smallest absolute Gasteiger partial charge is 0.244 e. The van der Waals surface area contributed by atoms with Crippen LogP contribution in [0.2, 0.25) is 5.02 Å². The zero-order valence-electron chi connectivity index (χ0n) is 19.3. The van der Waals surface area contributed by atoms with Gasteiger partial charge in [0, 0.05) is 17.6 Å². The largest absolute Gasteiger partial charge is 0.369 e. The highest BCUT2D eigenvalue weighted by Crippen LogP contribution is 2.29. The zero-order chi connectivity index (χ0) is 25.2. The number of nitrogens with zero attached hydrogens (tertiary/aromatic N) is 2. The van der Waals surface area contributed by atoms with Gasteiger partial charge in [-0.05, 0) is 61.7 Å². The van der Waals surface area contributed by atoms with Gasteiger partial charge in [0.25, 0.3) is 0 Å². The minimum atomic E-state index is -4.26. The van der Waals surface area contributed by atoms with Crippen LogP contribution in [0.15, 0.2) is 41.3 Å². The molecule has 3 N–H and O–H groups in total. The highest BCUT2D eigenvalue weighted by Gasteiger charge is 2.45. The molecule has 2 atom stereocenters. The van der Waals surface area contributed by atoms with E-state index in [9.17, 15) is 22.8 Å². The van der Waals surface area contributed by atoms with Gasteiger partial charge in [0.05, 0.1) is 11.4 Å². The maximum atomic E-state index is 13.6. The van der Waals surface area contributed by atoms with Crippen LogP contribution in [0.25, 0.3) is 10.8 Å². The number of amides is 3. The molecule has 1 aliphatic heterocycles. The van der Waals surface area contributed by atoms with E-state index in [2.05, 4.69) is 5.32 Å². The van der Waals surface area contributed by atoms with Crippen molar-refractivity contribution in [3.63, 3.8) is 0 Å². The number of primary amides is 1. The summed E-state index contributed by atoms with van der Waals surface area (Å²) < 4.78 is 28.0. The molecular formula is C23H29ClN4O5S.